The van der Waals surface area contributed by atoms with Crippen LogP contribution in [0.3, 0.4) is 0 Å². The van der Waals surface area contributed by atoms with E-state index < -0.39 is 29.3 Å². The number of halogens is 3. The molecule has 0 saturated heterocycles. The van der Waals surface area contributed by atoms with Gasteiger partial charge in [-0.05, 0) is 25.5 Å². The molecule has 8 heteroatoms. The number of carbonyl (C=O) groups excluding carboxylic acids is 2. The lowest BCUT2D eigenvalue weighted by molar-refractivity contribution is -0.299. The molecule has 0 radical (unpaired) electrons. The van der Waals surface area contributed by atoms with Crippen molar-refractivity contribution in [3.8, 4) is 0 Å². The zero-order chi connectivity index (χ0) is 17.6. The molecule has 0 amide bonds. The van der Waals surface area contributed by atoms with Gasteiger partial charge in [-0.25, -0.2) is 4.79 Å². The van der Waals surface area contributed by atoms with Crippen LogP contribution in [0.4, 0.5) is 18.9 Å². The Morgan fingerprint density at radius 2 is 1.83 bits per heavy atom. The van der Waals surface area contributed by atoms with Crippen LogP contribution in [0, 0.1) is 0 Å². The van der Waals surface area contributed by atoms with Gasteiger partial charge in [0, 0.05) is 5.70 Å². The van der Waals surface area contributed by atoms with E-state index in [1.807, 2.05) is 0 Å². The number of rotatable bonds is 6. The van der Waals surface area contributed by atoms with Crippen molar-refractivity contribution in [1.29, 1.82) is 0 Å². The summed E-state index contributed by atoms with van der Waals surface area (Å²) in [5.74, 6) is -2.99. The Morgan fingerprint density at radius 3 is 2.30 bits per heavy atom. The standard InChI is InChI=1S/C15H16F3NO4/c1-3-10(12(13(20)21)14(22)23-4-2)19-11-8-6-5-7-9(11)15(16,17)18/h5-8,19H,3-4H2,1-2H3,(H,20,21)/p-1. The fourth-order valence-electron chi connectivity index (χ4n) is 1.86. The van der Waals surface area contributed by atoms with Crippen LogP contribution in [0.5, 0.6) is 0 Å². The van der Waals surface area contributed by atoms with E-state index in [9.17, 15) is 27.9 Å². The molecule has 1 aromatic rings. The third-order valence-electron chi connectivity index (χ3n) is 2.86. The minimum atomic E-state index is -4.63. The molecule has 0 bridgehead atoms. The summed E-state index contributed by atoms with van der Waals surface area (Å²) in [4.78, 5) is 22.9. The van der Waals surface area contributed by atoms with Gasteiger partial charge in [0.05, 0.1) is 23.8 Å². The fraction of sp³-hybridized carbons (Fsp3) is 0.333. The van der Waals surface area contributed by atoms with Gasteiger partial charge in [0.1, 0.15) is 5.57 Å². The van der Waals surface area contributed by atoms with Gasteiger partial charge in [0.2, 0.25) is 0 Å². The normalized spacial score (nSPS) is 12.4. The van der Waals surface area contributed by atoms with Crippen molar-refractivity contribution in [2.24, 2.45) is 0 Å². The molecular formula is C15H15F3NO4-. The molecule has 0 unspecified atom stereocenters. The molecule has 0 aromatic heterocycles. The Kier molecular flexibility index (Phi) is 6.18. The number of alkyl halides is 3. The van der Waals surface area contributed by atoms with Gasteiger partial charge in [0.25, 0.3) is 0 Å². The van der Waals surface area contributed by atoms with Crippen LogP contribution in [0.15, 0.2) is 35.5 Å². The number of allylic oxidation sites excluding steroid dienone is 1. The maximum absolute atomic E-state index is 13.0. The fourth-order valence-corrected chi connectivity index (χ4v) is 1.86. The first-order valence-electron chi connectivity index (χ1n) is 6.77. The minimum Gasteiger partial charge on any atom is -0.544 e. The van der Waals surface area contributed by atoms with E-state index in [1.54, 1.807) is 0 Å². The summed E-state index contributed by atoms with van der Waals surface area (Å²) in [5.41, 5.74) is -2.39. The zero-order valence-corrected chi connectivity index (χ0v) is 12.5. The number of hydrogen-bond donors (Lipinski definition) is 1. The predicted octanol–water partition coefficient (Wildman–Crippen LogP) is 2.09. The molecular weight excluding hydrogens is 315 g/mol. The van der Waals surface area contributed by atoms with Gasteiger partial charge < -0.3 is 20.0 Å². The van der Waals surface area contributed by atoms with Crippen LogP contribution >= 0.6 is 0 Å². The first-order chi connectivity index (χ1) is 10.7. The average molecular weight is 330 g/mol. The number of ether oxygens (including phenoxy) is 1. The van der Waals surface area contributed by atoms with E-state index in [0.717, 1.165) is 12.1 Å². The van der Waals surface area contributed by atoms with E-state index in [1.165, 1.54) is 26.0 Å². The first-order valence-corrected chi connectivity index (χ1v) is 6.77. The lowest BCUT2D eigenvalue weighted by Crippen LogP contribution is -2.32. The Morgan fingerprint density at radius 1 is 1.22 bits per heavy atom. The summed E-state index contributed by atoms with van der Waals surface area (Å²) >= 11 is 0. The molecule has 23 heavy (non-hydrogen) atoms. The Bertz CT molecular complexity index is 623. The molecule has 0 heterocycles. The third kappa shape index (κ3) is 4.73. The van der Waals surface area contributed by atoms with E-state index in [4.69, 9.17) is 0 Å². The number of carbonyl (C=O) groups is 2. The largest absolute Gasteiger partial charge is 0.544 e. The number of esters is 1. The van der Waals surface area contributed by atoms with Gasteiger partial charge in [-0.1, -0.05) is 19.1 Å². The quantitative estimate of drug-likeness (QED) is 0.374. The minimum absolute atomic E-state index is 0.0334. The van der Waals surface area contributed by atoms with Crippen molar-refractivity contribution >= 4 is 17.6 Å². The molecule has 0 aliphatic rings. The molecule has 126 valence electrons. The number of carboxylic acid groups (broad SMARTS) is 1. The van der Waals surface area contributed by atoms with Crippen LogP contribution in [0.2, 0.25) is 0 Å². The molecule has 1 aromatic carbocycles. The van der Waals surface area contributed by atoms with Crippen LogP contribution in [0.1, 0.15) is 25.8 Å². The maximum Gasteiger partial charge on any atom is 0.418 e. The summed E-state index contributed by atoms with van der Waals surface area (Å²) < 4.78 is 43.5. The second-order valence-electron chi connectivity index (χ2n) is 4.38. The van der Waals surface area contributed by atoms with Gasteiger partial charge >= 0.3 is 12.1 Å². The maximum atomic E-state index is 13.0. The van der Waals surface area contributed by atoms with Crippen LogP contribution in [-0.2, 0) is 20.5 Å². The highest BCUT2D eigenvalue weighted by atomic mass is 19.4. The number of hydrogen-bond acceptors (Lipinski definition) is 5. The smallest absolute Gasteiger partial charge is 0.418 e. The summed E-state index contributed by atoms with van der Waals surface area (Å²) in [6.07, 6.45) is -4.66. The highest BCUT2D eigenvalue weighted by molar-refractivity contribution is 6.13. The molecule has 0 spiro atoms. The van der Waals surface area contributed by atoms with Crippen LogP contribution in [0.25, 0.3) is 0 Å². The van der Waals surface area contributed by atoms with Crippen molar-refractivity contribution < 1.29 is 32.6 Å². The average Bonchev–Trinajstić information content (AvgIpc) is 2.45. The van der Waals surface area contributed by atoms with Gasteiger partial charge in [-0.3, -0.25) is 0 Å². The molecule has 0 aliphatic heterocycles. The first kappa shape index (κ1) is 18.5. The molecule has 5 nitrogen and oxygen atoms in total. The second kappa shape index (κ2) is 7.66. The van der Waals surface area contributed by atoms with Gasteiger partial charge in [-0.15, -0.1) is 0 Å². The number of nitrogens with one attached hydrogen (secondary N) is 1. The SMILES string of the molecule is CCOC(=O)C(C(=O)[O-])=C(CC)Nc1ccccc1C(F)(F)F. The Labute approximate surface area is 130 Å². The van der Waals surface area contributed by atoms with Crippen molar-refractivity contribution in [2.45, 2.75) is 26.4 Å². The van der Waals surface area contributed by atoms with Crippen molar-refractivity contribution in [3.63, 3.8) is 0 Å². The molecule has 0 aliphatic carbocycles. The van der Waals surface area contributed by atoms with E-state index in [0.29, 0.717) is 0 Å². The highest BCUT2D eigenvalue weighted by Crippen LogP contribution is 2.35. The van der Waals surface area contributed by atoms with E-state index in [-0.39, 0.29) is 24.4 Å². The van der Waals surface area contributed by atoms with Crippen LogP contribution < -0.4 is 10.4 Å². The topological polar surface area (TPSA) is 78.5 Å². The number of anilines is 1. The van der Waals surface area contributed by atoms with Crippen molar-refractivity contribution in [2.75, 3.05) is 11.9 Å². The Balaban J connectivity index is 3.34. The van der Waals surface area contributed by atoms with E-state index >= 15 is 0 Å². The monoisotopic (exact) mass is 330 g/mol. The third-order valence-corrected chi connectivity index (χ3v) is 2.86. The summed E-state index contributed by atoms with van der Waals surface area (Å²) in [5, 5.41) is 13.5. The lowest BCUT2D eigenvalue weighted by Gasteiger charge is -2.19. The van der Waals surface area contributed by atoms with Crippen molar-refractivity contribution in [3.05, 3.63) is 41.1 Å². The van der Waals surface area contributed by atoms with Crippen molar-refractivity contribution in [1.82, 2.24) is 0 Å². The molecule has 0 atom stereocenters. The molecule has 1 rings (SSSR count). The second-order valence-corrected chi connectivity index (χ2v) is 4.38. The number of benzene rings is 1. The Hall–Kier alpha value is -2.51. The summed E-state index contributed by atoms with van der Waals surface area (Å²) in [7, 11) is 0. The van der Waals surface area contributed by atoms with Gasteiger partial charge in [0.15, 0.2) is 0 Å². The molecule has 0 fully saturated rings. The van der Waals surface area contributed by atoms with E-state index in [2.05, 4.69) is 10.1 Å². The lowest BCUT2D eigenvalue weighted by atomic mass is 10.1. The van der Waals surface area contributed by atoms with Gasteiger partial charge in [-0.2, -0.15) is 13.2 Å². The predicted molar refractivity (Wildman–Crippen MR) is 74.0 cm³/mol. The molecule has 1 N–H and O–H groups in total. The molecule has 0 saturated carbocycles. The number of para-hydroxylation sites is 1. The highest BCUT2D eigenvalue weighted by Gasteiger charge is 2.33. The number of carboxylic acids is 1. The number of aliphatic carboxylic acids is 1. The zero-order valence-electron chi connectivity index (χ0n) is 12.5. The van der Waals surface area contributed by atoms with Crippen LogP contribution in [-0.4, -0.2) is 18.5 Å². The summed E-state index contributed by atoms with van der Waals surface area (Å²) in [6, 6.07) is 4.54. The summed E-state index contributed by atoms with van der Waals surface area (Å²) in [6.45, 7) is 2.88.